The average Bonchev–Trinajstić information content (AvgIpc) is 3.36. The maximum absolute atomic E-state index is 13.7. The molecular weight excluding hydrogens is 356 g/mol. The van der Waals surface area contributed by atoms with Crippen molar-refractivity contribution in [2.45, 2.75) is 49.3 Å². The maximum Gasteiger partial charge on any atom is 0.250 e. The number of rotatable bonds is 2. The molecule has 2 amide bonds. The molecule has 0 bridgehead atoms. The standard InChI is InChI=1S/C21H28N4O3/c22-13-20(28)7-10-24(11-8-20)18(26)16-12-14-4-3-9-25(14)21(16)15-5-1-2-6-17(15)23-19(21)27/h1-2,5-6,14,16,28H,3-4,7-13,22H2,(H,23,27)/t14-,16+,21+/m1/s1. The highest BCUT2D eigenvalue weighted by Gasteiger charge is 2.65. The zero-order valence-corrected chi connectivity index (χ0v) is 16.1. The third-order valence-corrected chi connectivity index (χ3v) is 7.46. The number of piperidine rings is 1. The molecule has 0 unspecified atom stereocenters. The minimum atomic E-state index is -0.892. The molecule has 3 fully saturated rings. The Labute approximate surface area is 164 Å². The predicted octanol–water partition coefficient (Wildman–Crippen LogP) is 0.631. The molecule has 5 rings (SSSR count). The van der Waals surface area contributed by atoms with Crippen molar-refractivity contribution in [1.82, 2.24) is 9.80 Å². The minimum Gasteiger partial charge on any atom is -0.388 e. The van der Waals surface area contributed by atoms with E-state index in [0.29, 0.717) is 25.9 Å². The fraction of sp³-hybridized carbons (Fsp3) is 0.619. The first-order valence-corrected chi connectivity index (χ1v) is 10.4. The summed E-state index contributed by atoms with van der Waals surface area (Å²) in [6.45, 7) is 2.05. The van der Waals surface area contributed by atoms with Crippen LogP contribution < -0.4 is 11.1 Å². The molecule has 28 heavy (non-hydrogen) atoms. The number of benzene rings is 1. The second kappa shape index (κ2) is 6.27. The molecule has 1 aromatic rings. The fourth-order valence-corrected chi connectivity index (χ4v) is 5.93. The van der Waals surface area contributed by atoms with Gasteiger partial charge in [0.15, 0.2) is 0 Å². The van der Waals surface area contributed by atoms with Crippen molar-refractivity contribution in [3.8, 4) is 0 Å². The highest BCUT2D eigenvalue weighted by molar-refractivity contribution is 6.09. The van der Waals surface area contributed by atoms with Crippen molar-refractivity contribution < 1.29 is 14.7 Å². The van der Waals surface area contributed by atoms with Crippen LogP contribution in [0.5, 0.6) is 0 Å². The summed E-state index contributed by atoms with van der Waals surface area (Å²) in [6, 6.07) is 8.07. The van der Waals surface area contributed by atoms with Crippen LogP contribution in [0.15, 0.2) is 24.3 Å². The van der Waals surface area contributed by atoms with Gasteiger partial charge in [-0.05, 0) is 44.7 Å². The van der Waals surface area contributed by atoms with Crippen LogP contribution in [0.1, 0.15) is 37.7 Å². The number of aliphatic hydroxyl groups is 1. The first kappa shape index (κ1) is 18.1. The van der Waals surface area contributed by atoms with Gasteiger partial charge in [-0.2, -0.15) is 0 Å². The van der Waals surface area contributed by atoms with E-state index in [1.54, 1.807) is 0 Å². The number of carbonyl (C=O) groups is 2. The minimum absolute atomic E-state index is 0.0420. The molecule has 0 saturated carbocycles. The maximum atomic E-state index is 13.7. The van der Waals surface area contributed by atoms with Crippen LogP contribution in [0.25, 0.3) is 0 Å². The fourth-order valence-electron chi connectivity index (χ4n) is 5.93. The molecule has 0 aromatic heterocycles. The van der Waals surface area contributed by atoms with Gasteiger partial charge in [0.2, 0.25) is 11.8 Å². The van der Waals surface area contributed by atoms with Crippen molar-refractivity contribution in [2.75, 3.05) is 31.5 Å². The van der Waals surface area contributed by atoms with Gasteiger partial charge < -0.3 is 21.1 Å². The number of nitrogens with one attached hydrogen (secondary N) is 1. The normalized spacial score (nSPS) is 33.8. The molecule has 1 aromatic carbocycles. The van der Waals surface area contributed by atoms with E-state index in [0.717, 1.165) is 37.1 Å². The van der Waals surface area contributed by atoms with Gasteiger partial charge in [0.05, 0.1) is 11.5 Å². The summed E-state index contributed by atoms with van der Waals surface area (Å²) in [6.07, 6.45) is 3.80. The average molecular weight is 384 g/mol. The van der Waals surface area contributed by atoms with Crippen LogP contribution in [0.3, 0.4) is 0 Å². The number of carbonyl (C=O) groups excluding carboxylic acids is 2. The number of hydrogen-bond donors (Lipinski definition) is 3. The summed E-state index contributed by atoms with van der Waals surface area (Å²) >= 11 is 0. The number of para-hydroxylation sites is 1. The smallest absolute Gasteiger partial charge is 0.250 e. The zero-order chi connectivity index (χ0) is 19.5. The van der Waals surface area contributed by atoms with E-state index < -0.39 is 11.1 Å². The molecule has 7 nitrogen and oxygen atoms in total. The Kier molecular flexibility index (Phi) is 4.05. The molecular formula is C21H28N4O3. The summed E-state index contributed by atoms with van der Waals surface area (Å²) in [7, 11) is 0. The molecule has 7 heteroatoms. The van der Waals surface area contributed by atoms with Gasteiger partial charge in [0, 0.05) is 36.9 Å². The van der Waals surface area contributed by atoms with Crippen LogP contribution in [-0.4, -0.2) is 64.5 Å². The number of hydrogen-bond acceptors (Lipinski definition) is 5. The number of nitrogens with zero attached hydrogens (tertiary/aromatic N) is 2. The van der Waals surface area contributed by atoms with Gasteiger partial charge in [-0.15, -0.1) is 0 Å². The molecule has 150 valence electrons. The lowest BCUT2D eigenvalue weighted by atomic mass is 9.77. The highest BCUT2D eigenvalue weighted by Crippen LogP contribution is 2.55. The third kappa shape index (κ3) is 2.33. The molecule has 4 aliphatic rings. The Morgan fingerprint density at radius 3 is 2.75 bits per heavy atom. The van der Waals surface area contributed by atoms with Gasteiger partial charge in [-0.3, -0.25) is 14.5 Å². The highest BCUT2D eigenvalue weighted by atomic mass is 16.3. The largest absolute Gasteiger partial charge is 0.388 e. The SMILES string of the molecule is NCC1(O)CCN(C(=O)[C@@H]2C[C@H]3CCCN3[C@]23C(=O)Nc2ccccc23)CC1. The van der Waals surface area contributed by atoms with Crippen LogP contribution >= 0.6 is 0 Å². The predicted molar refractivity (Wildman–Crippen MR) is 104 cm³/mol. The number of anilines is 1. The number of likely N-dealkylation sites (tertiary alicyclic amines) is 1. The number of fused-ring (bicyclic) bond motifs is 4. The Hall–Kier alpha value is -1.96. The molecule has 3 saturated heterocycles. The van der Waals surface area contributed by atoms with E-state index in [9.17, 15) is 14.7 Å². The van der Waals surface area contributed by atoms with Crippen molar-refractivity contribution in [3.05, 3.63) is 29.8 Å². The van der Waals surface area contributed by atoms with Gasteiger partial charge in [-0.25, -0.2) is 0 Å². The van der Waals surface area contributed by atoms with Crippen molar-refractivity contribution >= 4 is 17.5 Å². The molecule has 4 aliphatic heterocycles. The van der Waals surface area contributed by atoms with Gasteiger partial charge >= 0.3 is 0 Å². The van der Waals surface area contributed by atoms with Crippen molar-refractivity contribution in [3.63, 3.8) is 0 Å². The van der Waals surface area contributed by atoms with Crippen LogP contribution in [0.4, 0.5) is 5.69 Å². The Morgan fingerprint density at radius 2 is 2.00 bits per heavy atom. The summed E-state index contributed by atoms with van der Waals surface area (Å²) in [5, 5.41) is 13.5. The van der Waals surface area contributed by atoms with E-state index in [-0.39, 0.29) is 30.3 Å². The summed E-state index contributed by atoms with van der Waals surface area (Å²) in [5.41, 5.74) is 5.70. The first-order chi connectivity index (χ1) is 13.5. The molecule has 4 heterocycles. The third-order valence-electron chi connectivity index (χ3n) is 7.46. The lowest BCUT2D eigenvalue weighted by molar-refractivity contribution is -0.147. The summed E-state index contributed by atoms with van der Waals surface area (Å²) in [4.78, 5) is 31.1. The van der Waals surface area contributed by atoms with Gasteiger partial charge in [0.1, 0.15) is 5.54 Å². The second-order valence-electron chi connectivity index (χ2n) is 8.80. The lowest BCUT2D eigenvalue weighted by Gasteiger charge is -2.41. The van der Waals surface area contributed by atoms with Crippen molar-refractivity contribution in [2.24, 2.45) is 11.7 Å². The monoisotopic (exact) mass is 384 g/mol. The first-order valence-electron chi connectivity index (χ1n) is 10.4. The molecule has 4 N–H and O–H groups in total. The molecule has 0 radical (unpaired) electrons. The van der Waals surface area contributed by atoms with E-state index in [1.165, 1.54) is 0 Å². The summed E-state index contributed by atoms with van der Waals surface area (Å²) < 4.78 is 0. The Bertz CT molecular complexity index is 820. The van der Waals surface area contributed by atoms with E-state index in [4.69, 9.17) is 5.73 Å². The van der Waals surface area contributed by atoms with Crippen LogP contribution in [-0.2, 0) is 15.1 Å². The molecule has 1 spiro atoms. The van der Waals surface area contributed by atoms with E-state index >= 15 is 0 Å². The Balaban J connectivity index is 1.51. The second-order valence-corrected chi connectivity index (χ2v) is 8.80. The quantitative estimate of drug-likeness (QED) is 0.695. The molecule has 0 aliphatic carbocycles. The molecule has 3 atom stereocenters. The van der Waals surface area contributed by atoms with Crippen LogP contribution in [0, 0.1) is 5.92 Å². The van der Waals surface area contributed by atoms with Gasteiger partial charge in [-0.1, -0.05) is 18.2 Å². The van der Waals surface area contributed by atoms with E-state index in [2.05, 4.69) is 10.2 Å². The van der Waals surface area contributed by atoms with E-state index in [1.807, 2.05) is 29.2 Å². The van der Waals surface area contributed by atoms with Gasteiger partial charge in [0.25, 0.3) is 0 Å². The zero-order valence-electron chi connectivity index (χ0n) is 16.1. The number of nitrogens with two attached hydrogens (primary N) is 1. The summed E-state index contributed by atoms with van der Waals surface area (Å²) in [5.74, 6) is -0.405. The van der Waals surface area contributed by atoms with Crippen molar-refractivity contribution in [1.29, 1.82) is 0 Å². The Morgan fingerprint density at radius 1 is 1.25 bits per heavy atom. The number of amides is 2. The van der Waals surface area contributed by atoms with Crippen LogP contribution in [0.2, 0.25) is 0 Å². The lowest BCUT2D eigenvalue weighted by Crippen LogP contribution is -2.57. The topological polar surface area (TPSA) is 98.9 Å².